The highest BCUT2D eigenvalue weighted by Crippen LogP contribution is 2.24. The maximum atomic E-state index is 5.94. The Balaban J connectivity index is 2.03. The number of rotatable bonds is 6. The Labute approximate surface area is 122 Å². The van der Waals surface area contributed by atoms with Crippen LogP contribution in [0.4, 0.5) is 11.6 Å². The van der Waals surface area contributed by atoms with Gasteiger partial charge in [-0.05, 0) is 18.6 Å². The smallest absolute Gasteiger partial charge is 0.134 e. The van der Waals surface area contributed by atoms with Gasteiger partial charge in [0, 0.05) is 24.5 Å². The normalized spacial score (nSPS) is 10.5. The Morgan fingerprint density at radius 1 is 1.37 bits per heavy atom. The summed E-state index contributed by atoms with van der Waals surface area (Å²) in [4.78, 5) is 11.8. The van der Waals surface area contributed by atoms with Crippen molar-refractivity contribution < 1.29 is 0 Å². The van der Waals surface area contributed by atoms with E-state index in [2.05, 4.69) is 27.1 Å². The van der Waals surface area contributed by atoms with Crippen molar-refractivity contribution in [3.63, 3.8) is 0 Å². The SMILES string of the molecule is CCCNc1cc(N(C)Cc2ccc(Cl)s2)ncn1. The fourth-order valence-electron chi connectivity index (χ4n) is 1.66. The molecule has 0 amide bonds. The second-order valence-corrected chi connectivity index (χ2v) is 6.05. The van der Waals surface area contributed by atoms with Gasteiger partial charge in [0.15, 0.2) is 0 Å². The second kappa shape index (κ2) is 6.73. The third kappa shape index (κ3) is 4.08. The Bertz CT molecular complexity index is 529. The van der Waals surface area contributed by atoms with E-state index in [4.69, 9.17) is 11.6 Å². The molecule has 2 aromatic rings. The summed E-state index contributed by atoms with van der Waals surface area (Å²) >= 11 is 7.53. The summed E-state index contributed by atoms with van der Waals surface area (Å²) in [6.07, 6.45) is 2.66. The summed E-state index contributed by atoms with van der Waals surface area (Å²) in [7, 11) is 2.01. The first-order chi connectivity index (χ1) is 9.19. The number of thiophene rings is 1. The summed E-state index contributed by atoms with van der Waals surface area (Å²) in [5.74, 6) is 1.76. The van der Waals surface area contributed by atoms with Gasteiger partial charge >= 0.3 is 0 Å². The summed E-state index contributed by atoms with van der Waals surface area (Å²) in [5, 5.41) is 3.26. The maximum absolute atomic E-state index is 5.94. The molecule has 0 aliphatic carbocycles. The van der Waals surface area contributed by atoms with Crippen LogP contribution in [0, 0.1) is 0 Å². The van der Waals surface area contributed by atoms with Crippen molar-refractivity contribution in [1.82, 2.24) is 9.97 Å². The van der Waals surface area contributed by atoms with Crippen LogP contribution in [0.25, 0.3) is 0 Å². The van der Waals surface area contributed by atoms with E-state index < -0.39 is 0 Å². The molecule has 4 nitrogen and oxygen atoms in total. The van der Waals surface area contributed by atoms with Crippen LogP contribution in [0.5, 0.6) is 0 Å². The van der Waals surface area contributed by atoms with Gasteiger partial charge in [0.25, 0.3) is 0 Å². The predicted octanol–water partition coefficient (Wildman–Crippen LogP) is 3.65. The molecule has 0 aliphatic rings. The average Bonchev–Trinajstić information content (AvgIpc) is 2.82. The molecule has 2 heterocycles. The van der Waals surface area contributed by atoms with Gasteiger partial charge in [0.2, 0.25) is 0 Å². The highest BCUT2D eigenvalue weighted by atomic mass is 35.5. The Hall–Kier alpha value is -1.33. The molecule has 0 aliphatic heterocycles. The number of nitrogens with one attached hydrogen (secondary N) is 1. The third-order valence-corrected chi connectivity index (χ3v) is 3.84. The first kappa shape index (κ1) is 14.1. The van der Waals surface area contributed by atoms with Crippen molar-refractivity contribution >= 4 is 34.6 Å². The first-order valence-corrected chi connectivity index (χ1v) is 7.39. The number of hydrogen-bond donors (Lipinski definition) is 1. The molecule has 0 bridgehead atoms. The van der Waals surface area contributed by atoms with E-state index in [0.29, 0.717) is 0 Å². The molecule has 0 fully saturated rings. The second-order valence-electron chi connectivity index (χ2n) is 4.25. The van der Waals surface area contributed by atoms with Crippen LogP contribution in [0.3, 0.4) is 0 Å². The van der Waals surface area contributed by atoms with Crippen molar-refractivity contribution in [1.29, 1.82) is 0 Å². The van der Waals surface area contributed by atoms with Crippen molar-refractivity contribution in [3.05, 3.63) is 33.7 Å². The van der Waals surface area contributed by atoms with Gasteiger partial charge in [-0.15, -0.1) is 11.3 Å². The lowest BCUT2D eigenvalue weighted by atomic mass is 10.4. The molecule has 0 radical (unpaired) electrons. The topological polar surface area (TPSA) is 41.0 Å². The van der Waals surface area contributed by atoms with Gasteiger partial charge in [-0.25, -0.2) is 9.97 Å². The number of aromatic nitrogens is 2. The van der Waals surface area contributed by atoms with E-state index in [1.807, 2.05) is 25.2 Å². The molecule has 2 aromatic heterocycles. The summed E-state index contributed by atoms with van der Waals surface area (Å²) in [5.41, 5.74) is 0. The summed E-state index contributed by atoms with van der Waals surface area (Å²) in [6, 6.07) is 5.93. The average molecular weight is 297 g/mol. The lowest BCUT2D eigenvalue weighted by Crippen LogP contribution is -2.17. The van der Waals surface area contributed by atoms with Crippen LogP contribution in [0.2, 0.25) is 4.34 Å². The Morgan fingerprint density at radius 2 is 2.21 bits per heavy atom. The van der Waals surface area contributed by atoms with Crippen molar-refractivity contribution in [3.8, 4) is 0 Å². The van der Waals surface area contributed by atoms with Gasteiger partial charge in [-0.1, -0.05) is 18.5 Å². The van der Waals surface area contributed by atoms with Gasteiger partial charge in [0.1, 0.15) is 18.0 Å². The molecule has 2 rings (SSSR count). The van der Waals surface area contributed by atoms with Gasteiger partial charge < -0.3 is 10.2 Å². The molecular weight excluding hydrogens is 280 g/mol. The van der Waals surface area contributed by atoms with Gasteiger partial charge in [-0.3, -0.25) is 0 Å². The lowest BCUT2D eigenvalue weighted by molar-refractivity contribution is 0.900. The van der Waals surface area contributed by atoms with Crippen molar-refractivity contribution in [2.45, 2.75) is 19.9 Å². The molecule has 0 aromatic carbocycles. The Kier molecular flexibility index (Phi) is 4.99. The van der Waals surface area contributed by atoms with Crippen LogP contribution in [-0.4, -0.2) is 23.6 Å². The number of nitrogens with zero attached hydrogens (tertiary/aromatic N) is 3. The summed E-state index contributed by atoms with van der Waals surface area (Å²) < 4.78 is 0.816. The molecule has 19 heavy (non-hydrogen) atoms. The van der Waals surface area contributed by atoms with E-state index in [0.717, 1.165) is 35.5 Å². The minimum atomic E-state index is 0.793. The molecule has 0 unspecified atom stereocenters. The monoisotopic (exact) mass is 296 g/mol. The molecule has 6 heteroatoms. The van der Waals surface area contributed by atoms with Crippen molar-refractivity contribution in [2.75, 3.05) is 23.8 Å². The zero-order chi connectivity index (χ0) is 13.7. The van der Waals surface area contributed by atoms with Crippen LogP contribution in [0.15, 0.2) is 24.5 Å². The highest BCUT2D eigenvalue weighted by Gasteiger charge is 2.07. The van der Waals surface area contributed by atoms with Gasteiger partial charge in [-0.2, -0.15) is 0 Å². The molecule has 0 atom stereocenters. The highest BCUT2D eigenvalue weighted by molar-refractivity contribution is 7.16. The molecule has 0 saturated heterocycles. The minimum Gasteiger partial charge on any atom is -0.370 e. The molecule has 1 N–H and O–H groups in total. The number of hydrogen-bond acceptors (Lipinski definition) is 5. The van der Waals surface area contributed by atoms with Crippen molar-refractivity contribution in [2.24, 2.45) is 0 Å². The van der Waals surface area contributed by atoms with E-state index in [1.165, 1.54) is 4.88 Å². The standard InChI is InChI=1S/C13H17ClN4S/c1-3-6-15-12-7-13(17-9-16-12)18(2)8-10-4-5-11(14)19-10/h4-5,7,9H,3,6,8H2,1-2H3,(H,15,16,17). The summed E-state index contributed by atoms with van der Waals surface area (Å²) in [6.45, 7) is 3.84. The molecule has 0 spiro atoms. The van der Waals surface area contributed by atoms with E-state index in [1.54, 1.807) is 17.7 Å². The van der Waals surface area contributed by atoms with Crippen LogP contribution in [0.1, 0.15) is 18.2 Å². The van der Waals surface area contributed by atoms with E-state index in [-0.39, 0.29) is 0 Å². The lowest BCUT2D eigenvalue weighted by Gasteiger charge is -2.17. The number of halogens is 1. The van der Waals surface area contributed by atoms with Gasteiger partial charge in [0.05, 0.1) is 10.9 Å². The van der Waals surface area contributed by atoms with E-state index in [9.17, 15) is 0 Å². The zero-order valence-corrected chi connectivity index (χ0v) is 12.6. The van der Waals surface area contributed by atoms with Crippen LogP contribution < -0.4 is 10.2 Å². The zero-order valence-electron chi connectivity index (χ0n) is 11.1. The molecule has 102 valence electrons. The Morgan fingerprint density at radius 3 is 2.89 bits per heavy atom. The maximum Gasteiger partial charge on any atom is 0.134 e. The molecular formula is C13H17ClN4S. The quantitative estimate of drug-likeness (QED) is 0.883. The molecule has 0 saturated carbocycles. The third-order valence-electron chi connectivity index (χ3n) is 2.62. The predicted molar refractivity (Wildman–Crippen MR) is 82.2 cm³/mol. The largest absolute Gasteiger partial charge is 0.370 e. The van der Waals surface area contributed by atoms with Crippen LogP contribution in [-0.2, 0) is 6.54 Å². The minimum absolute atomic E-state index is 0.793. The first-order valence-electron chi connectivity index (χ1n) is 6.20. The van der Waals surface area contributed by atoms with E-state index >= 15 is 0 Å². The fraction of sp³-hybridized carbons (Fsp3) is 0.385. The van der Waals surface area contributed by atoms with Crippen LogP contribution >= 0.6 is 22.9 Å². The number of anilines is 2. The fourth-order valence-corrected chi connectivity index (χ4v) is 2.80.